The molecule has 0 spiro atoms. The van der Waals surface area contributed by atoms with Crippen molar-refractivity contribution in [2.24, 2.45) is 0 Å². The number of hydrogen-bond donors (Lipinski definition) is 1. The number of H-pyrrole nitrogens is 1. The first kappa shape index (κ1) is 17.7. The first-order chi connectivity index (χ1) is 10.3. The van der Waals surface area contributed by atoms with Gasteiger partial charge in [0.2, 0.25) is 5.78 Å². The van der Waals surface area contributed by atoms with Crippen molar-refractivity contribution < 1.29 is 23.9 Å². The Bertz CT molecular complexity index is 612. The molecule has 1 aromatic heterocycles. The van der Waals surface area contributed by atoms with E-state index in [4.69, 9.17) is 9.47 Å². The zero-order valence-electron chi connectivity index (χ0n) is 13.5. The molecule has 0 aliphatic carbocycles. The van der Waals surface area contributed by atoms with Gasteiger partial charge in [-0.1, -0.05) is 6.08 Å². The SMILES string of the molecule is C/C=C/C(=O)O[C@H](C)C(=O)c1[nH]c(C)c(C(=O)OCC)c1C. The molecule has 0 saturated heterocycles. The summed E-state index contributed by atoms with van der Waals surface area (Å²) >= 11 is 0. The maximum absolute atomic E-state index is 12.4. The van der Waals surface area contributed by atoms with Crippen LogP contribution in [0, 0.1) is 13.8 Å². The van der Waals surface area contributed by atoms with Crippen LogP contribution < -0.4 is 0 Å². The van der Waals surface area contributed by atoms with E-state index in [1.54, 1.807) is 27.7 Å². The molecule has 0 aromatic carbocycles. The summed E-state index contributed by atoms with van der Waals surface area (Å²) in [6, 6.07) is 0. The van der Waals surface area contributed by atoms with E-state index in [9.17, 15) is 14.4 Å². The maximum Gasteiger partial charge on any atom is 0.340 e. The van der Waals surface area contributed by atoms with Crippen molar-refractivity contribution in [3.8, 4) is 0 Å². The van der Waals surface area contributed by atoms with Gasteiger partial charge in [-0.15, -0.1) is 0 Å². The van der Waals surface area contributed by atoms with Crippen molar-refractivity contribution in [2.45, 2.75) is 40.7 Å². The topological polar surface area (TPSA) is 85.5 Å². The van der Waals surface area contributed by atoms with Gasteiger partial charge in [0.1, 0.15) is 0 Å². The number of nitrogens with one attached hydrogen (secondary N) is 1. The molecular weight excluding hydrogens is 286 g/mol. The van der Waals surface area contributed by atoms with Gasteiger partial charge in [0.25, 0.3) is 0 Å². The molecule has 0 aliphatic heterocycles. The van der Waals surface area contributed by atoms with Crippen molar-refractivity contribution in [2.75, 3.05) is 6.61 Å². The van der Waals surface area contributed by atoms with Crippen LogP contribution >= 0.6 is 0 Å². The number of esters is 2. The van der Waals surface area contributed by atoms with E-state index in [2.05, 4.69) is 4.98 Å². The van der Waals surface area contributed by atoms with Gasteiger partial charge < -0.3 is 14.5 Å². The quantitative estimate of drug-likeness (QED) is 0.496. The summed E-state index contributed by atoms with van der Waals surface area (Å²) in [7, 11) is 0. The molecule has 1 N–H and O–H groups in total. The van der Waals surface area contributed by atoms with Crippen molar-refractivity contribution >= 4 is 17.7 Å². The molecule has 0 aliphatic rings. The van der Waals surface area contributed by atoms with Gasteiger partial charge in [0.05, 0.1) is 17.9 Å². The number of ketones is 1. The lowest BCUT2D eigenvalue weighted by molar-refractivity contribution is -0.140. The van der Waals surface area contributed by atoms with E-state index < -0.39 is 23.8 Å². The third-order valence-corrected chi connectivity index (χ3v) is 3.13. The summed E-state index contributed by atoms with van der Waals surface area (Å²) in [5.41, 5.74) is 1.64. The van der Waals surface area contributed by atoms with Gasteiger partial charge >= 0.3 is 11.9 Å². The number of aromatic nitrogens is 1. The van der Waals surface area contributed by atoms with Gasteiger partial charge in [0.15, 0.2) is 6.10 Å². The fourth-order valence-electron chi connectivity index (χ4n) is 2.11. The number of rotatable bonds is 6. The van der Waals surface area contributed by atoms with E-state index in [0.717, 1.165) is 0 Å². The number of ether oxygens (including phenoxy) is 2. The standard InChI is InChI=1S/C16H21NO5/c1-6-8-12(18)22-11(5)15(19)14-9(3)13(10(4)17-14)16(20)21-7-2/h6,8,11,17H,7H2,1-5H3/b8-6+/t11-/m1/s1. The van der Waals surface area contributed by atoms with E-state index >= 15 is 0 Å². The Balaban J connectivity index is 3.02. The minimum atomic E-state index is -0.949. The number of carbonyl (C=O) groups excluding carboxylic acids is 3. The number of aromatic amines is 1. The van der Waals surface area contributed by atoms with E-state index in [1.165, 1.54) is 19.1 Å². The number of allylic oxidation sites excluding steroid dienone is 1. The highest BCUT2D eigenvalue weighted by Gasteiger charge is 2.27. The van der Waals surface area contributed by atoms with Gasteiger partial charge in [0, 0.05) is 11.8 Å². The van der Waals surface area contributed by atoms with Crippen molar-refractivity contribution in [1.82, 2.24) is 4.98 Å². The molecule has 1 heterocycles. The Morgan fingerprint density at radius 3 is 2.45 bits per heavy atom. The largest absolute Gasteiger partial charge is 0.462 e. The molecule has 0 amide bonds. The molecule has 22 heavy (non-hydrogen) atoms. The van der Waals surface area contributed by atoms with Crippen LogP contribution in [0.5, 0.6) is 0 Å². The molecule has 0 saturated carbocycles. The monoisotopic (exact) mass is 307 g/mol. The van der Waals surface area contributed by atoms with E-state index in [0.29, 0.717) is 16.8 Å². The Kier molecular flexibility index (Phi) is 6.10. The van der Waals surface area contributed by atoms with Crippen molar-refractivity contribution in [1.29, 1.82) is 0 Å². The third kappa shape index (κ3) is 3.84. The molecule has 0 fully saturated rings. The summed E-state index contributed by atoms with van der Waals surface area (Å²) in [5, 5.41) is 0. The van der Waals surface area contributed by atoms with Crippen LogP contribution in [0.25, 0.3) is 0 Å². The second kappa shape index (κ2) is 7.59. The lowest BCUT2D eigenvalue weighted by atomic mass is 10.1. The average molecular weight is 307 g/mol. The second-order valence-corrected chi connectivity index (χ2v) is 4.79. The molecule has 1 atom stereocenters. The second-order valence-electron chi connectivity index (χ2n) is 4.79. The van der Waals surface area contributed by atoms with Crippen LogP contribution in [0.1, 0.15) is 52.9 Å². The van der Waals surface area contributed by atoms with Crippen LogP contribution in [0.4, 0.5) is 0 Å². The average Bonchev–Trinajstić information content (AvgIpc) is 2.73. The van der Waals surface area contributed by atoms with Gasteiger partial charge in [-0.05, 0) is 40.2 Å². The van der Waals surface area contributed by atoms with Gasteiger partial charge in [-0.2, -0.15) is 0 Å². The van der Waals surface area contributed by atoms with Crippen LogP contribution in [-0.2, 0) is 14.3 Å². The summed E-state index contributed by atoms with van der Waals surface area (Å²) in [6.45, 7) is 8.48. The molecule has 0 bridgehead atoms. The Morgan fingerprint density at radius 2 is 1.91 bits per heavy atom. The van der Waals surface area contributed by atoms with E-state index in [-0.39, 0.29) is 12.3 Å². The predicted molar refractivity (Wildman–Crippen MR) is 80.9 cm³/mol. The van der Waals surface area contributed by atoms with Gasteiger partial charge in [-0.25, -0.2) is 9.59 Å². The molecule has 0 unspecified atom stereocenters. The smallest absolute Gasteiger partial charge is 0.340 e. The zero-order valence-corrected chi connectivity index (χ0v) is 13.5. The lowest BCUT2D eigenvalue weighted by Gasteiger charge is -2.10. The number of carbonyl (C=O) groups is 3. The molecule has 0 radical (unpaired) electrons. The fourth-order valence-corrected chi connectivity index (χ4v) is 2.11. The normalized spacial score (nSPS) is 12.2. The highest BCUT2D eigenvalue weighted by Crippen LogP contribution is 2.21. The first-order valence-corrected chi connectivity index (χ1v) is 7.07. The maximum atomic E-state index is 12.4. The van der Waals surface area contributed by atoms with E-state index in [1.807, 2.05) is 0 Å². The summed E-state index contributed by atoms with van der Waals surface area (Å²) in [6.07, 6.45) is 1.82. The predicted octanol–water partition coefficient (Wildman–Crippen LogP) is 2.50. The number of Topliss-reactive ketones (excluding diaryl/α,β-unsaturated/α-hetero) is 1. The van der Waals surface area contributed by atoms with Crippen LogP contribution in [0.3, 0.4) is 0 Å². The minimum Gasteiger partial charge on any atom is -0.462 e. The number of aryl methyl sites for hydroxylation is 1. The van der Waals surface area contributed by atoms with Crippen molar-refractivity contribution in [3.05, 3.63) is 34.7 Å². The summed E-state index contributed by atoms with van der Waals surface area (Å²) in [4.78, 5) is 38.5. The lowest BCUT2D eigenvalue weighted by Crippen LogP contribution is -2.24. The van der Waals surface area contributed by atoms with Crippen LogP contribution in [-0.4, -0.2) is 35.4 Å². The zero-order chi connectivity index (χ0) is 16.9. The molecule has 1 aromatic rings. The Hall–Kier alpha value is -2.37. The van der Waals surface area contributed by atoms with Crippen molar-refractivity contribution in [3.63, 3.8) is 0 Å². The van der Waals surface area contributed by atoms with Gasteiger partial charge in [-0.3, -0.25) is 4.79 Å². The third-order valence-electron chi connectivity index (χ3n) is 3.13. The van der Waals surface area contributed by atoms with Crippen LogP contribution in [0.2, 0.25) is 0 Å². The Labute approximate surface area is 129 Å². The summed E-state index contributed by atoms with van der Waals surface area (Å²) < 4.78 is 9.98. The highest BCUT2D eigenvalue weighted by molar-refractivity contribution is 6.04. The Morgan fingerprint density at radius 1 is 1.27 bits per heavy atom. The molecule has 120 valence electrons. The van der Waals surface area contributed by atoms with Crippen LogP contribution in [0.15, 0.2) is 12.2 Å². The summed E-state index contributed by atoms with van der Waals surface area (Å²) in [5.74, 6) is -1.46. The molecule has 1 rings (SSSR count). The highest BCUT2D eigenvalue weighted by atomic mass is 16.5. The number of hydrogen-bond acceptors (Lipinski definition) is 5. The molecular formula is C16H21NO5. The molecule has 6 heteroatoms. The first-order valence-electron chi connectivity index (χ1n) is 7.07. The molecule has 6 nitrogen and oxygen atoms in total. The minimum absolute atomic E-state index is 0.251. The fraction of sp³-hybridized carbons (Fsp3) is 0.438.